The summed E-state index contributed by atoms with van der Waals surface area (Å²) in [6.45, 7) is 7.95. The second-order valence-corrected chi connectivity index (χ2v) is 7.18. The number of aromatic carboxylic acids is 1. The lowest BCUT2D eigenvalue weighted by Gasteiger charge is -2.54. The zero-order chi connectivity index (χ0) is 17.3. The molecule has 1 atom stereocenters. The van der Waals surface area contributed by atoms with Crippen molar-refractivity contribution in [2.45, 2.75) is 58.9 Å². The summed E-state index contributed by atoms with van der Waals surface area (Å²) >= 11 is 0. The predicted molar refractivity (Wildman–Crippen MR) is 90.2 cm³/mol. The van der Waals surface area contributed by atoms with E-state index in [9.17, 15) is 14.7 Å². The van der Waals surface area contributed by atoms with Gasteiger partial charge in [-0.15, -0.1) is 0 Å². The first-order chi connectivity index (χ1) is 10.7. The quantitative estimate of drug-likeness (QED) is 0.826. The van der Waals surface area contributed by atoms with Gasteiger partial charge >= 0.3 is 5.97 Å². The monoisotopic (exact) mass is 318 g/mol. The molecule has 1 aromatic rings. The molecule has 1 aromatic carbocycles. The summed E-state index contributed by atoms with van der Waals surface area (Å²) < 4.78 is 0. The molecule has 0 saturated heterocycles. The number of hydrazine groups is 1. The molecule has 23 heavy (non-hydrogen) atoms. The zero-order valence-electron chi connectivity index (χ0n) is 14.3. The van der Waals surface area contributed by atoms with E-state index in [0.29, 0.717) is 5.69 Å². The van der Waals surface area contributed by atoms with Crippen LogP contribution in [0.1, 0.15) is 63.7 Å². The number of amides is 1. The van der Waals surface area contributed by atoms with Crippen molar-refractivity contribution < 1.29 is 14.7 Å². The van der Waals surface area contributed by atoms with E-state index in [0.717, 1.165) is 25.7 Å². The maximum atomic E-state index is 12.3. The summed E-state index contributed by atoms with van der Waals surface area (Å²) in [7, 11) is 0. The highest BCUT2D eigenvalue weighted by Gasteiger charge is 2.48. The van der Waals surface area contributed by atoms with E-state index >= 15 is 0 Å². The van der Waals surface area contributed by atoms with Crippen LogP contribution in [0.2, 0.25) is 0 Å². The van der Waals surface area contributed by atoms with Gasteiger partial charge in [0.2, 0.25) is 5.91 Å². The molecule has 1 unspecified atom stereocenters. The molecule has 1 aliphatic rings. The van der Waals surface area contributed by atoms with Gasteiger partial charge in [0.1, 0.15) is 0 Å². The summed E-state index contributed by atoms with van der Waals surface area (Å²) in [6, 6.07) is 6.68. The lowest BCUT2D eigenvalue weighted by Crippen LogP contribution is -2.61. The van der Waals surface area contributed by atoms with E-state index in [2.05, 4.69) is 26.2 Å². The molecule has 0 aromatic heterocycles. The third kappa shape index (κ3) is 3.19. The molecule has 1 saturated carbocycles. The number of carbonyl (C=O) groups excluding carboxylic acids is 1. The topological polar surface area (TPSA) is 69.6 Å². The van der Waals surface area contributed by atoms with Crippen molar-refractivity contribution in [3.8, 4) is 0 Å². The fourth-order valence-electron chi connectivity index (χ4n) is 3.50. The minimum Gasteiger partial charge on any atom is -0.478 e. The number of carbonyl (C=O) groups is 2. The van der Waals surface area contributed by atoms with Gasteiger partial charge in [-0.2, -0.15) is 0 Å². The molecule has 126 valence electrons. The standard InChI is InChI=1S/C18H26N2O3/c1-13(21)20(18(4)12-8-7-11-17(18,2)3)19-15-10-6-5-9-14(15)16(22)23/h5-6,9-10,19H,7-8,11-12H2,1-4H3,(H,22,23). The molecule has 5 heteroatoms. The predicted octanol–water partition coefficient (Wildman–Crippen LogP) is 3.92. The third-order valence-electron chi connectivity index (χ3n) is 5.37. The van der Waals surface area contributed by atoms with Crippen LogP contribution < -0.4 is 5.43 Å². The molecule has 0 radical (unpaired) electrons. The Morgan fingerprint density at radius 1 is 1.13 bits per heavy atom. The molecule has 5 nitrogen and oxygen atoms in total. The Balaban J connectivity index is 2.41. The normalized spacial score (nSPS) is 23.1. The van der Waals surface area contributed by atoms with Gasteiger partial charge < -0.3 is 5.11 Å². The number of nitrogens with zero attached hydrogens (tertiary/aromatic N) is 1. The number of nitrogens with one attached hydrogen (secondary N) is 1. The molecular formula is C18H26N2O3. The van der Waals surface area contributed by atoms with Crippen LogP contribution >= 0.6 is 0 Å². The van der Waals surface area contributed by atoms with E-state index in [1.165, 1.54) is 13.0 Å². The van der Waals surface area contributed by atoms with E-state index in [4.69, 9.17) is 0 Å². The lowest BCUT2D eigenvalue weighted by atomic mass is 9.63. The minimum absolute atomic E-state index is 0.0535. The van der Waals surface area contributed by atoms with Crippen LogP contribution in [0.4, 0.5) is 5.69 Å². The van der Waals surface area contributed by atoms with E-state index in [1.807, 2.05) is 0 Å². The summed E-state index contributed by atoms with van der Waals surface area (Å²) in [4.78, 5) is 23.8. The van der Waals surface area contributed by atoms with Gasteiger partial charge in [-0.25, -0.2) is 4.79 Å². The number of hydrogen-bond donors (Lipinski definition) is 2. The third-order valence-corrected chi connectivity index (χ3v) is 5.37. The number of rotatable bonds is 4. The highest BCUT2D eigenvalue weighted by Crippen LogP contribution is 2.47. The number of anilines is 1. The van der Waals surface area contributed by atoms with Crippen molar-refractivity contribution >= 4 is 17.6 Å². The number of benzene rings is 1. The first-order valence-electron chi connectivity index (χ1n) is 8.09. The smallest absolute Gasteiger partial charge is 0.337 e. The van der Waals surface area contributed by atoms with Crippen molar-refractivity contribution in [2.24, 2.45) is 5.41 Å². The summed E-state index contributed by atoms with van der Waals surface area (Å²) in [5, 5.41) is 11.0. The van der Waals surface area contributed by atoms with Gasteiger partial charge in [-0.1, -0.05) is 38.8 Å². The number of para-hydroxylation sites is 1. The molecule has 1 aliphatic carbocycles. The van der Waals surface area contributed by atoms with Crippen molar-refractivity contribution in [1.29, 1.82) is 0 Å². The van der Waals surface area contributed by atoms with Crippen LogP contribution in [0.3, 0.4) is 0 Å². The Kier molecular flexibility index (Phi) is 4.68. The maximum absolute atomic E-state index is 12.3. The highest BCUT2D eigenvalue weighted by atomic mass is 16.4. The second-order valence-electron chi connectivity index (χ2n) is 7.18. The first-order valence-corrected chi connectivity index (χ1v) is 8.09. The van der Waals surface area contributed by atoms with Gasteiger partial charge in [-0.3, -0.25) is 15.2 Å². The van der Waals surface area contributed by atoms with Gasteiger partial charge in [0.15, 0.2) is 0 Å². The van der Waals surface area contributed by atoms with Crippen LogP contribution in [0.5, 0.6) is 0 Å². The fraction of sp³-hybridized carbons (Fsp3) is 0.556. The van der Waals surface area contributed by atoms with Crippen LogP contribution in [0.15, 0.2) is 24.3 Å². The minimum atomic E-state index is -1.01. The largest absolute Gasteiger partial charge is 0.478 e. The lowest BCUT2D eigenvalue weighted by molar-refractivity contribution is -0.140. The number of carboxylic acids is 1. The molecule has 0 bridgehead atoms. The Labute approximate surface area is 137 Å². The van der Waals surface area contributed by atoms with Crippen LogP contribution in [0.25, 0.3) is 0 Å². The molecule has 1 fully saturated rings. The first kappa shape index (κ1) is 17.3. The average Bonchev–Trinajstić information content (AvgIpc) is 2.47. The summed E-state index contributed by atoms with van der Waals surface area (Å²) in [5.41, 5.74) is 3.28. The SMILES string of the molecule is CC(=O)N(Nc1ccccc1C(=O)O)C1(C)CCCCC1(C)C. The molecule has 0 aliphatic heterocycles. The average molecular weight is 318 g/mol. The summed E-state index contributed by atoms with van der Waals surface area (Å²) in [5.74, 6) is -1.12. The van der Waals surface area contributed by atoms with Gasteiger partial charge in [0.25, 0.3) is 0 Å². The Morgan fingerprint density at radius 3 is 2.30 bits per heavy atom. The van der Waals surface area contributed by atoms with Crippen molar-refractivity contribution in [3.63, 3.8) is 0 Å². The number of hydrogen-bond acceptors (Lipinski definition) is 3. The van der Waals surface area contributed by atoms with Crippen LogP contribution in [0, 0.1) is 5.41 Å². The van der Waals surface area contributed by atoms with E-state index in [1.54, 1.807) is 23.2 Å². The second kappa shape index (κ2) is 6.22. The van der Waals surface area contributed by atoms with Gasteiger partial charge in [0.05, 0.1) is 16.8 Å². The van der Waals surface area contributed by atoms with E-state index in [-0.39, 0.29) is 22.4 Å². The molecule has 0 spiro atoms. The van der Waals surface area contributed by atoms with Crippen LogP contribution in [-0.2, 0) is 4.79 Å². The van der Waals surface area contributed by atoms with Gasteiger partial charge in [0, 0.05) is 6.92 Å². The van der Waals surface area contributed by atoms with Crippen molar-refractivity contribution in [3.05, 3.63) is 29.8 Å². The Bertz CT molecular complexity index is 612. The molecule has 2 rings (SSSR count). The van der Waals surface area contributed by atoms with Crippen LogP contribution in [-0.4, -0.2) is 27.5 Å². The maximum Gasteiger partial charge on any atom is 0.337 e. The Hall–Kier alpha value is -2.04. The summed E-state index contributed by atoms with van der Waals surface area (Å²) in [6.07, 6.45) is 4.14. The molecule has 1 amide bonds. The molecular weight excluding hydrogens is 292 g/mol. The van der Waals surface area contributed by atoms with E-state index < -0.39 is 5.97 Å². The fourth-order valence-corrected chi connectivity index (χ4v) is 3.50. The van der Waals surface area contributed by atoms with Crippen molar-refractivity contribution in [2.75, 3.05) is 5.43 Å². The van der Waals surface area contributed by atoms with Crippen molar-refractivity contribution in [1.82, 2.24) is 5.01 Å². The number of carboxylic acid groups (broad SMARTS) is 1. The highest BCUT2D eigenvalue weighted by molar-refractivity contribution is 5.94. The molecule has 2 N–H and O–H groups in total. The Morgan fingerprint density at radius 2 is 1.74 bits per heavy atom. The molecule has 0 heterocycles. The zero-order valence-corrected chi connectivity index (χ0v) is 14.3. The van der Waals surface area contributed by atoms with Gasteiger partial charge in [-0.05, 0) is 37.3 Å².